The molecule has 0 aliphatic heterocycles. The lowest BCUT2D eigenvalue weighted by Crippen LogP contribution is -2.44. The van der Waals surface area contributed by atoms with Crippen molar-refractivity contribution in [2.24, 2.45) is 10.4 Å². The summed E-state index contributed by atoms with van der Waals surface area (Å²) in [6.07, 6.45) is 1.73. The molecule has 0 aromatic carbocycles. The van der Waals surface area contributed by atoms with Crippen LogP contribution >= 0.6 is 0 Å². The van der Waals surface area contributed by atoms with Gasteiger partial charge < -0.3 is 16.0 Å². The second-order valence-corrected chi connectivity index (χ2v) is 8.66. The lowest BCUT2D eigenvalue weighted by Gasteiger charge is -2.23. The molecule has 0 bridgehead atoms. The number of amides is 1. The molecule has 23 heavy (non-hydrogen) atoms. The van der Waals surface area contributed by atoms with Gasteiger partial charge in [0.1, 0.15) is 9.84 Å². The van der Waals surface area contributed by atoms with Crippen LogP contribution in [0, 0.1) is 5.41 Å². The molecule has 0 aromatic heterocycles. The number of nitrogens with zero attached hydrogens (tertiary/aromatic N) is 1. The maximum Gasteiger partial charge on any atom is 0.227 e. The molecule has 0 heterocycles. The van der Waals surface area contributed by atoms with E-state index in [2.05, 4.69) is 20.9 Å². The Balaban J connectivity index is 4.73. The normalized spacial score (nSPS) is 14.3. The minimum absolute atomic E-state index is 0.0323. The van der Waals surface area contributed by atoms with Gasteiger partial charge in [-0.1, -0.05) is 0 Å². The Labute approximate surface area is 140 Å². The van der Waals surface area contributed by atoms with Crippen LogP contribution in [0.25, 0.3) is 0 Å². The van der Waals surface area contributed by atoms with Crippen LogP contribution < -0.4 is 16.0 Å². The molecule has 0 rings (SSSR count). The molecule has 0 saturated heterocycles. The van der Waals surface area contributed by atoms with E-state index in [1.165, 1.54) is 6.26 Å². The highest BCUT2D eigenvalue weighted by Gasteiger charge is 2.27. The summed E-state index contributed by atoms with van der Waals surface area (Å²) in [6.45, 7) is 11.1. The van der Waals surface area contributed by atoms with Crippen molar-refractivity contribution in [1.29, 1.82) is 0 Å². The van der Waals surface area contributed by atoms with E-state index in [1.54, 1.807) is 0 Å². The molecule has 0 aliphatic rings. The lowest BCUT2D eigenvalue weighted by atomic mass is 9.92. The topological polar surface area (TPSA) is 99.7 Å². The Hall–Kier alpha value is -1.31. The molecule has 3 N–H and O–H groups in total. The highest BCUT2D eigenvalue weighted by molar-refractivity contribution is 7.90. The average Bonchev–Trinajstić information content (AvgIpc) is 2.42. The summed E-state index contributed by atoms with van der Waals surface area (Å²) in [4.78, 5) is 16.4. The van der Waals surface area contributed by atoms with E-state index in [1.807, 2.05) is 34.6 Å². The zero-order valence-corrected chi connectivity index (χ0v) is 16.0. The number of rotatable bonds is 9. The van der Waals surface area contributed by atoms with Gasteiger partial charge in [-0.3, -0.25) is 9.79 Å². The summed E-state index contributed by atoms with van der Waals surface area (Å²) < 4.78 is 22.4. The molecule has 8 heteroatoms. The number of guanidine groups is 1. The highest BCUT2D eigenvalue weighted by atomic mass is 32.2. The van der Waals surface area contributed by atoms with Crippen LogP contribution in [-0.2, 0) is 14.6 Å². The summed E-state index contributed by atoms with van der Waals surface area (Å²) in [7, 11) is -2.97. The van der Waals surface area contributed by atoms with Crippen LogP contribution in [0.4, 0.5) is 0 Å². The van der Waals surface area contributed by atoms with Crippen molar-refractivity contribution in [3.8, 4) is 0 Å². The third kappa shape index (κ3) is 10.1. The zero-order valence-electron chi connectivity index (χ0n) is 15.2. The minimum Gasteiger partial charge on any atom is -0.357 e. The second-order valence-electron chi connectivity index (χ2n) is 6.40. The minimum atomic E-state index is -2.97. The molecule has 1 atom stereocenters. The molecule has 0 aromatic rings. The third-order valence-corrected chi connectivity index (χ3v) is 4.21. The molecule has 1 amide bonds. The van der Waals surface area contributed by atoms with Gasteiger partial charge >= 0.3 is 0 Å². The van der Waals surface area contributed by atoms with Crippen LogP contribution in [0.15, 0.2) is 4.99 Å². The van der Waals surface area contributed by atoms with Gasteiger partial charge in [0.15, 0.2) is 5.96 Å². The standard InChI is InChI=1S/C15H32N4O3S/c1-7-16-13(20)15(4,5)11-18-14(17-8-2)19-12(3)9-10-23(6,21)22/h12H,7-11H2,1-6H3,(H,16,20)(H2,17,18,19). The summed E-state index contributed by atoms with van der Waals surface area (Å²) in [5.74, 6) is 0.681. The van der Waals surface area contributed by atoms with E-state index in [9.17, 15) is 13.2 Å². The predicted octanol–water partition coefficient (Wildman–Crippen LogP) is 0.527. The second kappa shape index (κ2) is 9.75. The molecule has 0 radical (unpaired) electrons. The Morgan fingerprint density at radius 2 is 1.74 bits per heavy atom. The number of carbonyl (C=O) groups excluding carboxylic acids is 1. The first-order chi connectivity index (χ1) is 10.5. The monoisotopic (exact) mass is 348 g/mol. The number of aliphatic imine (C=N–C) groups is 1. The molecule has 0 saturated carbocycles. The van der Waals surface area contributed by atoms with Crippen LogP contribution in [0.5, 0.6) is 0 Å². The largest absolute Gasteiger partial charge is 0.357 e. The Kier molecular flexibility index (Phi) is 9.19. The van der Waals surface area contributed by atoms with Crippen molar-refractivity contribution in [2.45, 2.75) is 47.1 Å². The maximum absolute atomic E-state index is 12.0. The average molecular weight is 349 g/mol. The summed E-state index contributed by atoms with van der Waals surface area (Å²) in [6, 6.07) is -0.0323. The molecule has 136 valence electrons. The van der Waals surface area contributed by atoms with Crippen molar-refractivity contribution in [1.82, 2.24) is 16.0 Å². The third-order valence-electron chi connectivity index (χ3n) is 3.23. The van der Waals surface area contributed by atoms with Crippen molar-refractivity contribution >= 4 is 21.7 Å². The molecule has 0 aliphatic carbocycles. The fourth-order valence-electron chi connectivity index (χ4n) is 1.76. The van der Waals surface area contributed by atoms with Crippen molar-refractivity contribution < 1.29 is 13.2 Å². The molecule has 0 spiro atoms. The Bertz CT molecular complexity index is 501. The van der Waals surface area contributed by atoms with E-state index in [0.29, 0.717) is 32.0 Å². The molecule has 0 fully saturated rings. The Morgan fingerprint density at radius 3 is 2.22 bits per heavy atom. The maximum atomic E-state index is 12.0. The number of sulfone groups is 1. The van der Waals surface area contributed by atoms with Crippen molar-refractivity contribution in [2.75, 3.05) is 31.6 Å². The van der Waals surface area contributed by atoms with Gasteiger partial charge in [-0.15, -0.1) is 0 Å². The first kappa shape index (κ1) is 21.7. The predicted molar refractivity (Wildman–Crippen MR) is 95.4 cm³/mol. The molecule has 1 unspecified atom stereocenters. The van der Waals surface area contributed by atoms with Crippen molar-refractivity contribution in [3.63, 3.8) is 0 Å². The summed E-state index contributed by atoms with van der Waals surface area (Å²) >= 11 is 0. The van der Waals surface area contributed by atoms with Crippen LogP contribution in [0.3, 0.4) is 0 Å². The van der Waals surface area contributed by atoms with Crippen molar-refractivity contribution in [3.05, 3.63) is 0 Å². The summed E-state index contributed by atoms with van der Waals surface area (Å²) in [5, 5.41) is 9.09. The first-order valence-electron chi connectivity index (χ1n) is 8.02. The van der Waals surface area contributed by atoms with Crippen LogP contribution in [0.1, 0.15) is 41.0 Å². The van der Waals surface area contributed by atoms with Gasteiger partial charge in [-0.25, -0.2) is 8.42 Å². The molecule has 7 nitrogen and oxygen atoms in total. The SMILES string of the molecule is CCNC(=O)C(C)(C)CN=C(NCC)NC(C)CCS(C)(=O)=O. The number of hydrogen-bond acceptors (Lipinski definition) is 4. The molecular weight excluding hydrogens is 316 g/mol. The molecular formula is C15H32N4O3S. The smallest absolute Gasteiger partial charge is 0.227 e. The van der Waals surface area contributed by atoms with Gasteiger partial charge in [0.25, 0.3) is 0 Å². The quantitative estimate of drug-likeness (QED) is 0.417. The number of nitrogens with one attached hydrogen (secondary N) is 3. The van der Waals surface area contributed by atoms with E-state index in [0.717, 1.165) is 0 Å². The number of hydrogen-bond donors (Lipinski definition) is 3. The lowest BCUT2D eigenvalue weighted by molar-refractivity contribution is -0.128. The van der Waals surface area contributed by atoms with Gasteiger partial charge in [-0.2, -0.15) is 0 Å². The first-order valence-corrected chi connectivity index (χ1v) is 10.1. The van der Waals surface area contributed by atoms with Gasteiger partial charge in [0.05, 0.1) is 17.7 Å². The van der Waals surface area contributed by atoms with E-state index < -0.39 is 15.3 Å². The Morgan fingerprint density at radius 1 is 1.17 bits per heavy atom. The van der Waals surface area contributed by atoms with E-state index in [4.69, 9.17) is 0 Å². The van der Waals surface area contributed by atoms with E-state index in [-0.39, 0.29) is 17.7 Å². The number of carbonyl (C=O) groups is 1. The van der Waals surface area contributed by atoms with Crippen LogP contribution in [0.2, 0.25) is 0 Å². The fraction of sp³-hybridized carbons (Fsp3) is 0.867. The zero-order chi connectivity index (χ0) is 18.1. The highest BCUT2D eigenvalue weighted by Crippen LogP contribution is 2.15. The fourth-order valence-corrected chi connectivity index (χ4v) is 2.55. The van der Waals surface area contributed by atoms with Gasteiger partial charge in [0.2, 0.25) is 5.91 Å². The van der Waals surface area contributed by atoms with Gasteiger partial charge in [-0.05, 0) is 41.0 Å². The summed E-state index contributed by atoms with van der Waals surface area (Å²) in [5.41, 5.74) is -0.603. The van der Waals surface area contributed by atoms with Crippen LogP contribution in [-0.4, -0.2) is 58.0 Å². The van der Waals surface area contributed by atoms with E-state index >= 15 is 0 Å². The van der Waals surface area contributed by atoms with Gasteiger partial charge in [0, 0.05) is 25.4 Å².